The molecule has 0 spiro atoms. The molecule has 1 atom stereocenters. The molecule has 1 fully saturated rings. The van der Waals surface area contributed by atoms with Gasteiger partial charge in [-0.2, -0.15) is 0 Å². The Morgan fingerprint density at radius 1 is 1.14 bits per heavy atom. The Hall–Kier alpha value is -3.35. The number of H-pyrrole nitrogens is 1. The van der Waals surface area contributed by atoms with Crippen molar-refractivity contribution in [3.8, 4) is 16.9 Å². The first-order chi connectivity index (χ1) is 17.5. The van der Waals surface area contributed by atoms with E-state index in [1.165, 1.54) is 12.8 Å². The number of rotatable bonds is 7. The van der Waals surface area contributed by atoms with Crippen molar-refractivity contribution in [1.29, 1.82) is 0 Å². The van der Waals surface area contributed by atoms with Crippen molar-refractivity contribution in [2.45, 2.75) is 45.6 Å². The van der Waals surface area contributed by atoms with E-state index in [2.05, 4.69) is 26.7 Å². The van der Waals surface area contributed by atoms with Crippen LogP contribution in [0, 0.1) is 13.8 Å². The van der Waals surface area contributed by atoms with Gasteiger partial charge in [0.25, 0.3) is 5.56 Å². The van der Waals surface area contributed by atoms with Gasteiger partial charge in [0.2, 0.25) is 0 Å². The molecule has 0 bridgehead atoms. The highest BCUT2D eigenvalue weighted by molar-refractivity contribution is 6.34. The minimum Gasteiger partial charge on any atom is -0.492 e. The number of halogens is 1. The normalized spacial score (nSPS) is 15.7. The number of benzene rings is 2. The molecule has 4 aromatic rings. The van der Waals surface area contributed by atoms with Gasteiger partial charge in [-0.05, 0) is 69.5 Å². The van der Waals surface area contributed by atoms with E-state index >= 15 is 0 Å². The maximum Gasteiger partial charge on any atom is 0.260 e. The standard InChI is InChI=1S/C29H31ClN4O2/c1-18-12-19(2)14-20(13-18)27-28(36-11-8-21-6-3-4-10-32-21)23-15-26(33-22-7-5-9-31-17-22)24(30)16-25(23)34-29(27)35/h5,7,9,12-17,21,32-33H,3-4,6,8,10-11H2,1-2H3,(H,34,35)/t21-/m0/s1. The molecule has 36 heavy (non-hydrogen) atoms. The van der Waals surface area contributed by atoms with Gasteiger partial charge in [-0.1, -0.05) is 47.3 Å². The average molecular weight is 503 g/mol. The Morgan fingerprint density at radius 3 is 2.69 bits per heavy atom. The summed E-state index contributed by atoms with van der Waals surface area (Å²) < 4.78 is 6.47. The Balaban J connectivity index is 1.61. The number of pyridine rings is 2. The van der Waals surface area contributed by atoms with Crippen molar-refractivity contribution in [3.05, 3.63) is 81.4 Å². The quantitative estimate of drug-likeness (QED) is 0.268. The summed E-state index contributed by atoms with van der Waals surface area (Å²) in [6.07, 6.45) is 7.96. The first kappa shape index (κ1) is 24.3. The molecule has 0 saturated carbocycles. The van der Waals surface area contributed by atoms with Crippen molar-refractivity contribution in [2.24, 2.45) is 0 Å². The number of hydrogen-bond acceptors (Lipinski definition) is 5. The Morgan fingerprint density at radius 2 is 1.97 bits per heavy atom. The smallest absolute Gasteiger partial charge is 0.260 e. The number of nitrogens with zero attached hydrogens (tertiary/aromatic N) is 1. The molecule has 7 heteroatoms. The first-order valence-corrected chi connectivity index (χ1v) is 12.9. The molecule has 186 valence electrons. The van der Waals surface area contributed by atoms with Gasteiger partial charge in [-0.15, -0.1) is 0 Å². The number of anilines is 2. The molecule has 0 aliphatic carbocycles. The molecule has 1 aliphatic rings. The lowest BCUT2D eigenvalue weighted by atomic mass is 9.99. The van der Waals surface area contributed by atoms with Gasteiger partial charge in [0, 0.05) is 17.6 Å². The largest absolute Gasteiger partial charge is 0.492 e. The predicted molar refractivity (Wildman–Crippen MR) is 148 cm³/mol. The van der Waals surface area contributed by atoms with Crippen LogP contribution in [-0.4, -0.2) is 29.2 Å². The Kier molecular flexibility index (Phi) is 7.25. The molecule has 5 rings (SSSR count). The van der Waals surface area contributed by atoms with E-state index in [0.717, 1.165) is 52.8 Å². The van der Waals surface area contributed by atoms with Crippen LogP contribution >= 0.6 is 11.6 Å². The summed E-state index contributed by atoms with van der Waals surface area (Å²) in [4.78, 5) is 20.6. The van der Waals surface area contributed by atoms with Crippen LogP contribution in [0.3, 0.4) is 0 Å². The second-order valence-electron chi connectivity index (χ2n) is 9.56. The van der Waals surface area contributed by atoms with E-state index in [-0.39, 0.29) is 5.56 Å². The number of fused-ring (bicyclic) bond motifs is 1. The van der Waals surface area contributed by atoms with Crippen molar-refractivity contribution in [2.75, 3.05) is 18.5 Å². The van der Waals surface area contributed by atoms with Crippen molar-refractivity contribution in [3.63, 3.8) is 0 Å². The van der Waals surface area contributed by atoms with Crippen LogP contribution in [0.5, 0.6) is 5.75 Å². The fraction of sp³-hybridized carbons (Fsp3) is 0.310. The fourth-order valence-corrected chi connectivity index (χ4v) is 5.19. The number of aromatic amines is 1. The third kappa shape index (κ3) is 5.40. The van der Waals surface area contributed by atoms with Crippen molar-refractivity contribution in [1.82, 2.24) is 15.3 Å². The Bertz CT molecular complexity index is 1410. The summed E-state index contributed by atoms with van der Waals surface area (Å²) in [7, 11) is 0. The minimum atomic E-state index is -0.192. The summed E-state index contributed by atoms with van der Waals surface area (Å²) in [6, 6.07) is 14.1. The SMILES string of the molecule is Cc1cc(C)cc(-c2c(OCC[C@@H]3CCCCN3)c3cc(Nc4cccnc4)c(Cl)cc3[nH]c2=O)c1. The fourth-order valence-electron chi connectivity index (χ4n) is 4.98. The van der Waals surface area contributed by atoms with Crippen LogP contribution < -0.4 is 20.9 Å². The van der Waals surface area contributed by atoms with Crippen LogP contribution in [-0.2, 0) is 0 Å². The van der Waals surface area contributed by atoms with Gasteiger partial charge < -0.3 is 20.4 Å². The zero-order valence-corrected chi connectivity index (χ0v) is 21.4. The van der Waals surface area contributed by atoms with Crippen LogP contribution in [0.4, 0.5) is 11.4 Å². The molecule has 2 aromatic heterocycles. The van der Waals surface area contributed by atoms with Crippen LogP contribution in [0.25, 0.3) is 22.0 Å². The second-order valence-corrected chi connectivity index (χ2v) is 9.97. The monoisotopic (exact) mass is 502 g/mol. The van der Waals surface area contributed by atoms with E-state index < -0.39 is 0 Å². The van der Waals surface area contributed by atoms with Gasteiger partial charge in [0.05, 0.1) is 40.3 Å². The third-order valence-electron chi connectivity index (χ3n) is 6.63. The molecule has 1 aliphatic heterocycles. The van der Waals surface area contributed by atoms with Crippen molar-refractivity contribution >= 4 is 33.9 Å². The summed E-state index contributed by atoms with van der Waals surface area (Å²) in [5.74, 6) is 0.584. The van der Waals surface area contributed by atoms with Gasteiger partial charge >= 0.3 is 0 Å². The molecular weight excluding hydrogens is 472 g/mol. The zero-order valence-electron chi connectivity index (χ0n) is 20.7. The summed E-state index contributed by atoms with van der Waals surface area (Å²) in [5.41, 5.74) is 5.56. The molecule has 3 heterocycles. The van der Waals surface area contributed by atoms with Crippen LogP contribution in [0.2, 0.25) is 5.02 Å². The highest BCUT2D eigenvalue weighted by Gasteiger charge is 2.20. The lowest BCUT2D eigenvalue weighted by molar-refractivity contribution is 0.271. The number of nitrogens with one attached hydrogen (secondary N) is 3. The maximum atomic E-state index is 13.4. The lowest BCUT2D eigenvalue weighted by Crippen LogP contribution is -2.35. The second kappa shape index (κ2) is 10.7. The average Bonchev–Trinajstić information content (AvgIpc) is 2.85. The van der Waals surface area contributed by atoms with Gasteiger partial charge in [-0.3, -0.25) is 9.78 Å². The molecule has 0 unspecified atom stereocenters. The molecular formula is C29H31ClN4O2. The highest BCUT2D eigenvalue weighted by Crippen LogP contribution is 2.38. The zero-order chi connectivity index (χ0) is 25.1. The molecule has 6 nitrogen and oxygen atoms in total. The van der Waals surface area contributed by atoms with E-state index in [1.54, 1.807) is 18.5 Å². The number of ether oxygens (including phenoxy) is 1. The number of aromatic nitrogens is 2. The minimum absolute atomic E-state index is 0.192. The lowest BCUT2D eigenvalue weighted by Gasteiger charge is -2.24. The van der Waals surface area contributed by atoms with E-state index in [1.807, 2.05) is 44.2 Å². The molecule has 2 aromatic carbocycles. The number of hydrogen-bond donors (Lipinski definition) is 3. The van der Waals surface area contributed by atoms with Crippen LogP contribution in [0.1, 0.15) is 36.8 Å². The van der Waals surface area contributed by atoms with E-state index in [0.29, 0.717) is 34.5 Å². The van der Waals surface area contributed by atoms with Gasteiger partial charge in [-0.25, -0.2) is 0 Å². The van der Waals surface area contributed by atoms with Gasteiger partial charge in [0.1, 0.15) is 5.75 Å². The molecule has 0 radical (unpaired) electrons. The summed E-state index contributed by atoms with van der Waals surface area (Å²) >= 11 is 6.61. The predicted octanol–water partition coefficient (Wildman–Crippen LogP) is 6.51. The third-order valence-corrected chi connectivity index (χ3v) is 6.94. The van der Waals surface area contributed by atoms with Gasteiger partial charge in [0.15, 0.2) is 0 Å². The maximum absolute atomic E-state index is 13.4. The molecule has 0 amide bonds. The number of piperidine rings is 1. The Labute approximate surface area is 216 Å². The molecule has 3 N–H and O–H groups in total. The van der Waals surface area contributed by atoms with Crippen molar-refractivity contribution < 1.29 is 4.74 Å². The highest BCUT2D eigenvalue weighted by atomic mass is 35.5. The first-order valence-electron chi connectivity index (χ1n) is 12.5. The molecule has 1 saturated heterocycles. The van der Waals surface area contributed by atoms with E-state index in [4.69, 9.17) is 16.3 Å². The van der Waals surface area contributed by atoms with Crippen LogP contribution in [0.15, 0.2) is 59.7 Å². The summed E-state index contributed by atoms with van der Waals surface area (Å²) in [5, 5.41) is 8.22. The topological polar surface area (TPSA) is 79.0 Å². The summed E-state index contributed by atoms with van der Waals surface area (Å²) in [6.45, 7) is 5.64. The number of aryl methyl sites for hydroxylation is 2. The van der Waals surface area contributed by atoms with E-state index in [9.17, 15) is 4.79 Å².